The minimum Gasteiger partial charge on any atom is -0.329 e. The van der Waals surface area contributed by atoms with E-state index in [9.17, 15) is 9.59 Å². The monoisotopic (exact) mass is 288 g/mol. The second-order valence-electron chi connectivity index (χ2n) is 5.69. The van der Waals surface area contributed by atoms with Crippen LogP contribution in [-0.2, 0) is 0 Å². The van der Waals surface area contributed by atoms with Crippen LogP contribution in [0, 0.1) is 0 Å². The van der Waals surface area contributed by atoms with Crippen molar-refractivity contribution in [1.29, 1.82) is 0 Å². The summed E-state index contributed by atoms with van der Waals surface area (Å²) in [6.45, 7) is 3.43. The molecule has 1 aromatic rings. The molecule has 112 valence electrons. The largest absolute Gasteiger partial charge is 0.329 e. The van der Waals surface area contributed by atoms with E-state index in [4.69, 9.17) is 5.73 Å². The second-order valence-corrected chi connectivity index (χ2v) is 5.69. The Labute approximate surface area is 124 Å². The van der Waals surface area contributed by atoms with Crippen LogP contribution in [0.1, 0.15) is 20.7 Å². The van der Waals surface area contributed by atoms with Crippen molar-refractivity contribution < 1.29 is 9.59 Å². The number of fused-ring (bicyclic) bond motifs is 1. The number of benzene rings is 1. The minimum atomic E-state index is -0.203. The Morgan fingerprint density at radius 1 is 1.14 bits per heavy atom. The van der Waals surface area contributed by atoms with E-state index in [0.717, 1.165) is 19.6 Å². The molecule has 6 nitrogen and oxygen atoms in total. The third-order valence-corrected chi connectivity index (χ3v) is 4.28. The van der Waals surface area contributed by atoms with Gasteiger partial charge >= 0.3 is 0 Å². The lowest BCUT2D eigenvalue weighted by Gasteiger charge is -2.40. The summed E-state index contributed by atoms with van der Waals surface area (Å²) in [6.07, 6.45) is 0. The molecule has 0 aliphatic carbocycles. The zero-order valence-corrected chi connectivity index (χ0v) is 12.2. The molecule has 0 saturated carbocycles. The van der Waals surface area contributed by atoms with Gasteiger partial charge in [0.05, 0.1) is 17.8 Å². The lowest BCUT2D eigenvalue weighted by Crippen LogP contribution is -2.58. The topological polar surface area (TPSA) is 69.9 Å². The molecule has 1 fully saturated rings. The van der Waals surface area contributed by atoms with Gasteiger partial charge in [-0.1, -0.05) is 12.1 Å². The molecule has 2 aliphatic rings. The van der Waals surface area contributed by atoms with Gasteiger partial charge in [0.2, 0.25) is 0 Å². The highest BCUT2D eigenvalue weighted by Gasteiger charge is 2.37. The lowest BCUT2D eigenvalue weighted by atomic mass is 10.1. The maximum absolute atomic E-state index is 12.4. The number of likely N-dealkylation sites (N-methyl/N-ethyl adjacent to an activating group) is 1. The number of rotatable bonds is 3. The van der Waals surface area contributed by atoms with Crippen molar-refractivity contribution >= 4 is 11.8 Å². The summed E-state index contributed by atoms with van der Waals surface area (Å²) in [7, 11) is 2.06. The molecule has 2 aliphatic heterocycles. The first kappa shape index (κ1) is 14.2. The summed E-state index contributed by atoms with van der Waals surface area (Å²) in [5.74, 6) is -0.407. The molecular formula is C15H20N4O2. The molecule has 1 atom stereocenters. The fraction of sp³-hybridized carbons (Fsp3) is 0.467. The van der Waals surface area contributed by atoms with Gasteiger partial charge in [0.1, 0.15) is 0 Å². The first-order chi connectivity index (χ1) is 10.1. The first-order valence-corrected chi connectivity index (χ1v) is 7.19. The molecule has 0 bridgehead atoms. The predicted octanol–water partition coefficient (Wildman–Crippen LogP) is -0.185. The van der Waals surface area contributed by atoms with Crippen LogP contribution in [0.5, 0.6) is 0 Å². The summed E-state index contributed by atoms with van der Waals surface area (Å²) >= 11 is 0. The predicted molar refractivity (Wildman–Crippen MR) is 78.9 cm³/mol. The number of hydrogen-bond donors (Lipinski definition) is 1. The summed E-state index contributed by atoms with van der Waals surface area (Å²) in [5, 5.41) is 0. The van der Waals surface area contributed by atoms with Crippen LogP contribution in [-0.4, -0.2) is 72.5 Å². The minimum absolute atomic E-state index is 0.174. The maximum Gasteiger partial charge on any atom is 0.262 e. The SMILES string of the molecule is CN1CCN(CN2C(=O)c3ccccc3C2=O)C(CN)C1. The van der Waals surface area contributed by atoms with Crippen molar-refractivity contribution in [3.05, 3.63) is 35.4 Å². The van der Waals surface area contributed by atoms with Crippen molar-refractivity contribution in [2.75, 3.05) is 39.9 Å². The average Bonchev–Trinajstić information content (AvgIpc) is 2.74. The van der Waals surface area contributed by atoms with Gasteiger partial charge in [-0.15, -0.1) is 0 Å². The van der Waals surface area contributed by atoms with E-state index < -0.39 is 0 Å². The standard InChI is InChI=1S/C15H20N4O2/c1-17-6-7-18(11(8-16)9-17)10-19-14(20)12-4-2-3-5-13(12)15(19)21/h2-5,11H,6-10,16H2,1H3. The van der Waals surface area contributed by atoms with E-state index in [1.54, 1.807) is 24.3 Å². The second kappa shape index (κ2) is 5.55. The van der Waals surface area contributed by atoms with Gasteiger partial charge in [-0.25, -0.2) is 0 Å². The molecule has 1 saturated heterocycles. The highest BCUT2D eigenvalue weighted by Crippen LogP contribution is 2.23. The number of piperazine rings is 1. The van der Waals surface area contributed by atoms with Crippen molar-refractivity contribution in [3.63, 3.8) is 0 Å². The van der Waals surface area contributed by atoms with Crippen LogP contribution in [0.3, 0.4) is 0 Å². The van der Waals surface area contributed by atoms with Crippen molar-refractivity contribution in [3.8, 4) is 0 Å². The fourth-order valence-electron chi connectivity index (χ4n) is 3.01. The number of nitrogens with two attached hydrogens (primary N) is 1. The molecule has 1 unspecified atom stereocenters. The Morgan fingerprint density at radius 3 is 2.33 bits per heavy atom. The van der Waals surface area contributed by atoms with E-state index in [2.05, 4.69) is 16.8 Å². The van der Waals surface area contributed by atoms with Crippen LogP contribution in [0.2, 0.25) is 0 Å². The molecule has 2 amide bonds. The molecule has 3 rings (SSSR count). The zero-order chi connectivity index (χ0) is 15.0. The number of carbonyl (C=O) groups is 2. The lowest BCUT2D eigenvalue weighted by molar-refractivity contribution is 0.0325. The average molecular weight is 288 g/mol. The molecule has 0 aromatic heterocycles. The van der Waals surface area contributed by atoms with Crippen molar-refractivity contribution in [2.24, 2.45) is 5.73 Å². The molecule has 0 spiro atoms. The molecule has 1 aromatic carbocycles. The maximum atomic E-state index is 12.4. The van der Waals surface area contributed by atoms with Crippen LogP contribution < -0.4 is 5.73 Å². The third kappa shape index (κ3) is 2.46. The summed E-state index contributed by atoms with van der Waals surface area (Å²) < 4.78 is 0. The van der Waals surface area contributed by atoms with E-state index in [0.29, 0.717) is 24.3 Å². The van der Waals surface area contributed by atoms with Gasteiger partial charge in [-0.05, 0) is 19.2 Å². The number of imide groups is 1. The smallest absolute Gasteiger partial charge is 0.262 e. The van der Waals surface area contributed by atoms with E-state index in [1.165, 1.54) is 4.90 Å². The third-order valence-electron chi connectivity index (χ3n) is 4.28. The van der Waals surface area contributed by atoms with Gasteiger partial charge in [0.25, 0.3) is 11.8 Å². The number of amides is 2. The fourth-order valence-corrected chi connectivity index (χ4v) is 3.01. The Balaban J connectivity index is 1.77. The molecule has 21 heavy (non-hydrogen) atoms. The highest BCUT2D eigenvalue weighted by atomic mass is 16.2. The van der Waals surface area contributed by atoms with Gasteiger partial charge < -0.3 is 10.6 Å². The quantitative estimate of drug-likeness (QED) is 0.781. The van der Waals surface area contributed by atoms with E-state index in [-0.39, 0.29) is 17.9 Å². The van der Waals surface area contributed by atoms with Crippen LogP contribution in [0.15, 0.2) is 24.3 Å². The molecular weight excluding hydrogens is 268 g/mol. The molecule has 2 heterocycles. The number of hydrogen-bond acceptors (Lipinski definition) is 5. The first-order valence-electron chi connectivity index (χ1n) is 7.19. The van der Waals surface area contributed by atoms with Gasteiger partial charge in [0.15, 0.2) is 0 Å². The van der Waals surface area contributed by atoms with Crippen LogP contribution >= 0.6 is 0 Å². The Bertz CT molecular complexity index is 540. The van der Waals surface area contributed by atoms with Gasteiger partial charge in [-0.2, -0.15) is 0 Å². The zero-order valence-electron chi connectivity index (χ0n) is 12.2. The van der Waals surface area contributed by atoms with E-state index in [1.807, 2.05) is 0 Å². The van der Waals surface area contributed by atoms with Crippen molar-refractivity contribution in [1.82, 2.24) is 14.7 Å². The number of nitrogens with zero attached hydrogens (tertiary/aromatic N) is 3. The van der Waals surface area contributed by atoms with Crippen molar-refractivity contribution in [2.45, 2.75) is 6.04 Å². The number of carbonyl (C=O) groups excluding carboxylic acids is 2. The Kier molecular flexibility index (Phi) is 3.75. The summed E-state index contributed by atoms with van der Waals surface area (Å²) in [6, 6.07) is 7.16. The molecule has 0 radical (unpaired) electrons. The van der Waals surface area contributed by atoms with Crippen LogP contribution in [0.25, 0.3) is 0 Å². The highest BCUT2D eigenvalue weighted by molar-refractivity contribution is 6.21. The van der Waals surface area contributed by atoms with Crippen LogP contribution in [0.4, 0.5) is 0 Å². The normalized spacial score (nSPS) is 23.7. The van der Waals surface area contributed by atoms with Gasteiger partial charge in [-0.3, -0.25) is 19.4 Å². The summed E-state index contributed by atoms with van der Waals surface area (Å²) in [4.78, 5) is 30.4. The van der Waals surface area contributed by atoms with E-state index >= 15 is 0 Å². The Hall–Kier alpha value is -1.76. The molecule has 2 N–H and O–H groups in total. The summed E-state index contributed by atoms with van der Waals surface area (Å²) in [5.41, 5.74) is 6.83. The molecule has 6 heteroatoms. The Morgan fingerprint density at radius 2 is 1.76 bits per heavy atom. The van der Waals surface area contributed by atoms with Gasteiger partial charge in [0, 0.05) is 32.2 Å².